The second-order valence-corrected chi connectivity index (χ2v) is 4.66. The van der Waals surface area contributed by atoms with Gasteiger partial charge in [0.15, 0.2) is 0 Å². The van der Waals surface area contributed by atoms with Gasteiger partial charge >= 0.3 is 6.03 Å². The molecule has 1 heterocycles. The lowest BCUT2D eigenvalue weighted by Crippen LogP contribution is -2.32. The first kappa shape index (κ1) is 15.4. The second-order valence-electron chi connectivity index (χ2n) is 4.66. The Morgan fingerprint density at radius 1 is 1.37 bits per heavy atom. The van der Waals surface area contributed by atoms with Crippen LogP contribution in [0.3, 0.4) is 0 Å². The molecule has 4 N–H and O–H groups in total. The fraction of sp³-hybridized carbons (Fsp3) is 0.750. The maximum atomic E-state index is 11.9. The molecule has 19 heavy (non-hydrogen) atoms. The molecule has 0 aliphatic carbocycles. The zero-order chi connectivity index (χ0) is 14.3. The SMILES string of the molecule is CCCC1NC(=O)N(CCCCCC(=O)NN)C1=O. The van der Waals surface area contributed by atoms with Crippen LogP contribution in [0.1, 0.15) is 45.4 Å². The lowest BCUT2D eigenvalue weighted by Gasteiger charge is -2.12. The number of nitrogens with one attached hydrogen (secondary N) is 2. The number of hydrogen-bond donors (Lipinski definition) is 3. The van der Waals surface area contributed by atoms with Crippen LogP contribution in [-0.2, 0) is 9.59 Å². The molecule has 1 rings (SSSR count). The third-order valence-corrected chi connectivity index (χ3v) is 3.13. The number of urea groups is 1. The average Bonchev–Trinajstić information content (AvgIpc) is 2.65. The van der Waals surface area contributed by atoms with Gasteiger partial charge < -0.3 is 5.32 Å². The van der Waals surface area contributed by atoms with Gasteiger partial charge in [-0.1, -0.05) is 19.8 Å². The number of unbranched alkanes of at least 4 members (excludes halogenated alkanes) is 2. The van der Waals surface area contributed by atoms with Gasteiger partial charge in [0.05, 0.1) is 0 Å². The van der Waals surface area contributed by atoms with Gasteiger partial charge in [0.25, 0.3) is 5.91 Å². The third kappa shape index (κ3) is 4.51. The summed E-state index contributed by atoms with van der Waals surface area (Å²) in [6.07, 6.45) is 4.09. The zero-order valence-electron chi connectivity index (χ0n) is 11.3. The minimum absolute atomic E-state index is 0.133. The van der Waals surface area contributed by atoms with Crippen molar-refractivity contribution >= 4 is 17.8 Å². The fourth-order valence-corrected chi connectivity index (χ4v) is 2.08. The number of nitrogens with zero attached hydrogens (tertiary/aromatic N) is 1. The Morgan fingerprint density at radius 3 is 2.74 bits per heavy atom. The maximum Gasteiger partial charge on any atom is 0.324 e. The molecule has 0 radical (unpaired) electrons. The Bertz CT molecular complexity index is 346. The van der Waals surface area contributed by atoms with Crippen molar-refractivity contribution in [2.75, 3.05) is 6.54 Å². The van der Waals surface area contributed by atoms with Crippen LogP contribution in [-0.4, -0.2) is 35.3 Å². The van der Waals surface area contributed by atoms with Crippen LogP contribution in [0, 0.1) is 0 Å². The number of hydrazine groups is 1. The van der Waals surface area contributed by atoms with Crippen molar-refractivity contribution in [3.63, 3.8) is 0 Å². The van der Waals surface area contributed by atoms with Crippen molar-refractivity contribution < 1.29 is 14.4 Å². The second kappa shape index (κ2) is 7.73. The lowest BCUT2D eigenvalue weighted by molar-refractivity contribution is -0.127. The predicted octanol–water partition coefficient (Wildman–Crippen LogP) is 0.257. The first-order chi connectivity index (χ1) is 9.10. The van der Waals surface area contributed by atoms with Gasteiger partial charge in [-0.05, 0) is 19.3 Å². The van der Waals surface area contributed by atoms with Crippen molar-refractivity contribution in [2.24, 2.45) is 5.84 Å². The van der Waals surface area contributed by atoms with E-state index in [0.29, 0.717) is 32.2 Å². The van der Waals surface area contributed by atoms with Crippen LogP contribution in [0.4, 0.5) is 4.79 Å². The van der Waals surface area contributed by atoms with Crippen molar-refractivity contribution in [1.29, 1.82) is 0 Å². The number of amides is 4. The molecule has 0 aromatic rings. The van der Waals surface area contributed by atoms with E-state index in [1.165, 1.54) is 4.90 Å². The van der Waals surface area contributed by atoms with Gasteiger partial charge in [0.1, 0.15) is 6.04 Å². The van der Waals surface area contributed by atoms with E-state index in [1.807, 2.05) is 6.92 Å². The molecule has 0 bridgehead atoms. The smallest absolute Gasteiger partial charge is 0.324 e. The number of carbonyl (C=O) groups excluding carboxylic acids is 3. The van der Waals surface area contributed by atoms with E-state index in [0.717, 1.165) is 12.8 Å². The summed E-state index contributed by atoms with van der Waals surface area (Å²) >= 11 is 0. The van der Waals surface area contributed by atoms with E-state index in [2.05, 4.69) is 10.7 Å². The molecule has 0 spiro atoms. The largest absolute Gasteiger partial charge is 0.326 e. The summed E-state index contributed by atoms with van der Waals surface area (Å²) in [5.41, 5.74) is 2.06. The summed E-state index contributed by atoms with van der Waals surface area (Å²) < 4.78 is 0. The monoisotopic (exact) mass is 270 g/mol. The highest BCUT2D eigenvalue weighted by Crippen LogP contribution is 2.12. The zero-order valence-corrected chi connectivity index (χ0v) is 11.3. The number of rotatable bonds is 8. The lowest BCUT2D eigenvalue weighted by atomic mass is 10.1. The Balaban J connectivity index is 2.24. The third-order valence-electron chi connectivity index (χ3n) is 3.13. The fourth-order valence-electron chi connectivity index (χ4n) is 2.08. The normalized spacial score (nSPS) is 18.6. The topological polar surface area (TPSA) is 105 Å². The van der Waals surface area contributed by atoms with Crippen molar-refractivity contribution in [1.82, 2.24) is 15.6 Å². The van der Waals surface area contributed by atoms with Gasteiger partial charge in [-0.25, -0.2) is 10.6 Å². The minimum Gasteiger partial charge on any atom is -0.326 e. The molecule has 1 aliphatic heterocycles. The first-order valence-electron chi connectivity index (χ1n) is 6.71. The minimum atomic E-state index is -0.361. The van der Waals surface area contributed by atoms with E-state index >= 15 is 0 Å². The molecule has 0 aromatic carbocycles. The summed E-state index contributed by atoms with van der Waals surface area (Å²) in [5.74, 6) is 4.63. The molecule has 1 aliphatic rings. The number of nitrogens with two attached hydrogens (primary N) is 1. The summed E-state index contributed by atoms with van der Waals surface area (Å²) in [7, 11) is 0. The number of carbonyl (C=O) groups is 3. The van der Waals surface area contributed by atoms with Crippen molar-refractivity contribution in [3.05, 3.63) is 0 Å². The summed E-state index contributed by atoms with van der Waals surface area (Å²) in [6.45, 7) is 2.39. The van der Waals surface area contributed by atoms with Crippen molar-refractivity contribution in [2.45, 2.75) is 51.5 Å². The molecule has 4 amide bonds. The van der Waals surface area contributed by atoms with Crippen LogP contribution in [0.5, 0.6) is 0 Å². The Kier molecular flexibility index (Phi) is 6.27. The molecule has 0 saturated carbocycles. The van der Waals surface area contributed by atoms with Crippen LogP contribution in [0.2, 0.25) is 0 Å². The van der Waals surface area contributed by atoms with Crippen LogP contribution in [0.15, 0.2) is 0 Å². The van der Waals surface area contributed by atoms with E-state index < -0.39 is 0 Å². The van der Waals surface area contributed by atoms with Gasteiger partial charge in [-0.15, -0.1) is 0 Å². The van der Waals surface area contributed by atoms with E-state index in [1.54, 1.807) is 0 Å². The highest BCUT2D eigenvalue weighted by Gasteiger charge is 2.36. The average molecular weight is 270 g/mol. The van der Waals surface area contributed by atoms with Crippen LogP contribution < -0.4 is 16.6 Å². The summed E-state index contributed by atoms with van der Waals surface area (Å²) in [6, 6.07) is -0.663. The number of imide groups is 1. The van der Waals surface area contributed by atoms with Gasteiger partial charge in [-0.3, -0.25) is 19.9 Å². The molecule has 108 valence electrons. The Morgan fingerprint density at radius 2 is 2.11 bits per heavy atom. The Labute approximate surface area is 112 Å². The highest BCUT2D eigenvalue weighted by molar-refractivity contribution is 6.04. The standard InChI is InChI=1S/C12H22N4O3/c1-2-6-9-11(18)16(12(19)14-9)8-5-3-4-7-10(17)15-13/h9H,2-8,13H2,1H3,(H,14,19)(H,15,17). The van der Waals surface area contributed by atoms with Crippen LogP contribution >= 0.6 is 0 Å². The molecule has 1 fully saturated rings. The maximum absolute atomic E-state index is 11.9. The van der Waals surface area contributed by atoms with E-state index in [9.17, 15) is 14.4 Å². The summed E-state index contributed by atoms with van der Waals surface area (Å²) in [4.78, 5) is 35.6. The van der Waals surface area contributed by atoms with Gasteiger partial charge in [0, 0.05) is 13.0 Å². The van der Waals surface area contributed by atoms with E-state index in [-0.39, 0.29) is 23.9 Å². The molecular formula is C12H22N4O3. The predicted molar refractivity (Wildman–Crippen MR) is 69.7 cm³/mol. The molecule has 7 heteroatoms. The highest BCUT2D eigenvalue weighted by atomic mass is 16.2. The summed E-state index contributed by atoms with van der Waals surface area (Å²) in [5, 5.41) is 2.68. The first-order valence-corrected chi connectivity index (χ1v) is 6.71. The molecule has 7 nitrogen and oxygen atoms in total. The van der Waals surface area contributed by atoms with Crippen molar-refractivity contribution in [3.8, 4) is 0 Å². The molecule has 1 atom stereocenters. The van der Waals surface area contributed by atoms with E-state index in [4.69, 9.17) is 5.84 Å². The van der Waals surface area contributed by atoms with Gasteiger partial charge in [0.2, 0.25) is 5.91 Å². The molecule has 1 saturated heterocycles. The van der Waals surface area contributed by atoms with Gasteiger partial charge in [-0.2, -0.15) is 0 Å². The quantitative estimate of drug-likeness (QED) is 0.193. The molecular weight excluding hydrogens is 248 g/mol. The molecule has 1 unspecified atom stereocenters. The molecule has 0 aromatic heterocycles. The Hall–Kier alpha value is -1.63. The number of hydrogen-bond acceptors (Lipinski definition) is 4. The van der Waals surface area contributed by atoms with Crippen LogP contribution in [0.25, 0.3) is 0 Å².